The summed E-state index contributed by atoms with van der Waals surface area (Å²) in [5.74, 6) is -1.91. The molecule has 0 N–H and O–H groups in total. The van der Waals surface area contributed by atoms with Crippen LogP contribution in [0.2, 0.25) is 0 Å². The number of rotatable bonds is 37. The Balaban J connectivity index is 4.95. The van der Waals surface area contributed by atoms with Crippen LogP contribution in [0.15, 0.2) is 0 Å². The predicted octanol–water partition coefficient (Wildman–Crippen LogP) is 6.17. The summed E-state index contributed by atoms with van der Waals surface area (Å²) < 4.78 is 36.9. The van der Waals surface area contributed by atoms with Crippen molar-refractivity contribution in [2.24, 2.45) is 0 Å². The zero-order valence-corrected chi connectivity index (χ0v) is 34.5. The zero-order valence-electron chi connectivity index (χ0n) is 34.5. The van der Waals surface area contributed by atoms with E-state index >= 15 is 0 Å². The topological polar surface area (TPSA) is 174 Å². The van der Waals surface area contributed by atoms with Crippen molar-refractivity contribution in [2.75, 3.05) is 73.9 Å². The Morgan fingerprint density at radius 3 is 1.44 bits per heavy atom. The van der Waals surface area contributed by atoms with Crippen molar-refractivity contribution in [3.05, 3.63) is 0 Å². The molecule has 2 atom stereocenters. The first-order valence-corrected chi connectivity index (χ1v) is 20.4. The highest BCUT2D eigenvalue weighted by molar-refractivity contribution is 5.72. The van der Waals surface area contributed by atoms with Gasteiger partial charge in [-0.3, -0.25) is 24.0 Å². The van der Waals surface area contributed by atoms with E-state index in [0.29, 0.717) is 19.3 Å². The van der Waals surface area contributed by atoms with E-state index < -0.39 is 36.2 Å². The molecule has 0 bridgehead atoms. The Labute approximate surface area is 329 Å². The number of hydrogen-bond donors (Lipinski definition) is 0. The lowest BCUT2D eigenvalue weighted by atomic mass is 10.1. The summed E-state index contributed by atoms with van der Waals surface area (Å²) in [7, 11) is 5.29. The molecule has 0 saturated carbocycles. The summed E-state index contributed by atoms with van der Waals surface area (Å²) >= 11 is 0. The minimum Gasteiger partial charge on any atom is -0.464 e. The van der Waals surface area contributed by atoms with Crippen molar-refractivity contribution >= 4 is 36.4 Å². The van der Waals surface area contributed by atoms with Gasteiger partial charge in [-0.25, -0.2) is 4.79 Å². The number of ether oxygens (including phenoxy) is 7. The van der Waals surface area contributed by atoms with Gasteiger partial charge in [0.05, 0.1) is 13.2 Å². The minimum atomic E-state index is -0.972. The molecule has 55 heavy (non-hydrogen) atoms. The van der Waals surface area contributed by atoms with Crippen molar-refractivity contribution in [1.29, 1.82) is 0 Å². The Morgan fingerprint density at radius 2 is 0.982 bits per heavy atom. The second kappa shape index (κ2) is 36.2. The maximum Gasteiger partial charge on any atom is 0.409 e. The number of methoxy groups -OCH3 is 1. The molecule has 320 valence electrons. The highest BCUT2D eigenvalue weighted by Gasteiger charge is 2.21. The first-order chi connectivity index (χ1) is 26.6. The molecule has 15 heteroatoms. The van der Waals surface area contributed by atoms with Crippen LogP contribution < -0.4 is 0 Å². The quantitative estimate of drug-likeness (QED) is 0.0303. The van der Waals surface area contributed by atoms with Gasteiger partial charge in [0.15, 0.2) is 12.2 Å². The Morgan fingerprint density at radius 1 is 0.527 bits per heavy atom. The van der Waals surface area contributed by atoms with Gasteiger partial charge < -0.3 is 43.0 Å². The molecule has 0 saturated heterocycles. The minimum absolute atomic E-state index is 0.0195. The second-order valence-corrected chi connectivity index (χ2v) is 14.0. The van der Waals surface area contributed by atoms with Gasteiger partial charge in [0.25, 0.3) is 6.47 Å². The number of hydrogen-bond acceptors (Lipinski definition) is 14. The van der Waals surface area contributed by atoms with Gasteiger partial charge >= 0.3 is 30.0 Å². The maximum absolute atomic E-state index is 13.0. The maximum atomic E-state index is 13.0. The van der Waals surface area contributed by atoms with Crippen LogP contribution in [0.3, 0.4) is 0 Å². The third-order valence-electron chi connectivity index (χ3n) is 8.48. The predicted molar refractivity (Wildman–Crippen MR) is 206 cm³/mol. The van der Waals surface area contributed by atoms with Crippen LogP contribution in [0.1, 0.15) is 136 Å². The van der Waals surface area contributed by atoms with Gasteiger partial charge in [0.2, 0.25) is 0 Å². The molecular formula is C40H72N2O13. The summed E-state index contributed by atoms with van der Waals surface area (Å²) in [5, 5.41) is 0. The van der Waals surface area contributed by atoms with Crippen LogP contribution in [0.5, 0.6) is 0 Å². The van der Waals surface area contributed by atoms with Crippen LogP contribution >= 0.6 is 0 Å². The average molecular weight is 789 g/mol. The molecule has 15 nitrogen and oxygen atoms in total. The SMILES string of the molecule is CCCCCCCCC(=O)OCC(COC)OC(=O)CCCN(CCCC(=O)OC(COC=O)COC(=O)CCCCCCCC)C(=O)OCCCN(C)C. The Bertz CT molecular complexity index is 1030. The highest BCUT2D eigenvalue weighted by Crippen LogP contribution is 2.11. The van der Waals surface area contributed by atoms with E-state index in [0.717, 1.165) is 64.3 Å². The number of esters is 4. The lowest BCUT2D eigenvalue weighted by molar-refractivity contribution is -0.164. The number of carbonyl (C=O) groups excluding carboxylic acids is 6. The molecule has 0 aliphatic heterocycles. The first kappa shape index (κ1) is 51.5. The monoisotopic (exact) mass is 789 g/mol. The molecule has 0 aliphatic rings. The molecule has 2 unspecified atom stereocenters. The first-order valence-electron chi connectivity index (χ1n) is 20.4. The summed E-state index contributed by atoms with van der Waals surface area (Å²) in [5.41, 5.74) is 0. The number of unbranched alkanes of at least 4 members (excludes halogenated alkanes) is 10. The molecule has 0 heterocycles. The Hall–Kier alpha value is -3.46. The van der Waals surface area contributed by atoms with Gasteiger partial charge in [0, 0.05) is 52.4 Å². The third-order valence-corrected chi connectivity index (χ3v) is 8.48. The van der Waals surface area contributed by atoms with E-state index in [-0.39, 0.29) is 90.7 Å². The third kappa shape index (κ3) is 32.5. The van der Waals surface area contributed by atoms with Crippen molar-refractivity contribution in [2.45, 2.75) is 148 Å². The molecule has 0 aromatic rings. The summed E-state index contributed by atoms with van der Waals surface area (Å²) in [6, 6.07) is 0. The smallest absolute Gasteiger partial charge is 0.409 e. The van der Waals surface area contributed by atoms with E-state index in [4.69, 9.17) is 33.2 Å². The standard InChI is InChI=1S/C40H72N2O13/c1-6-8-10-12-14-16-21-36(44)52-31-34(29-49-5)54-38(46)23-18-26-42(40(48)51-28-20-25-41(3)4)27-19-24-39(47)55-35(30-50-33-43)32-53-37(45)22-17-15-13-11-9-7-2/h33-35H,6-32H2,1-5H3. The second-order valence-electron chi connectivity index (χ2n) is 14.0. The zero-order chi connectivity index (χ0) is 40.9. The molecule has 0 fully saturated rings. The highest BCUT2D eigenvalue weighted by atomic mass is 16.6. The molecule has 0 aromatic heterocycles. The normalized spacial score (nSPS) is 12.0. The molecule has 0 rings (SSSR count). The van der Waals surface area contributed by atoms with Gasteiger partial charge in [-0.05, 0) is 46.2 Å². The van der Waals surface area contributed by atoms with Gasteiger partial charge in [0.1, 0.15) is 19.8 Å². The van der Waals surface area contributed by atoms with Gasteiger partial charge in [-0.2, -0.15) is 0 Å². The molecular weight excluding hydrogens is 716 g/mol. The molecule has 1 amide bonds. The van der Waals surface area contributed by atoms with E-state index in [2.05, 4.69) is 13.8 Å². The van der Waals surface area contributed by atoms with Crippen molar-refractivity contribution in [3.63, 3.8) is 0 Å². The molecule has 0 aliphatic carbocycles. The van der Waals surface area contributed by atoms with E-state index in [9.17, 15) is 28.8 Å². The largest absolute Gasteiger partial charge is 0.464 e. The lowest BCUT2D eigenvalue weighted by Crippen LogP contribution is -2.35. The fraction of sp³-hybridized carbons (Fsp3) is 0.850. The van der Waals surface area contributed by atoms with Crippen LogP contribution in [-0.2, 0) is 57.1 Å². The summed E-state index contributed by atoms with van der Waals surface area (Å²) in [6.07, 6.45) is 11.7. The van der Waals surface area contributed by atoms with Crippen molar-refractivity contribution < 1.29 is 61.9 Å². The molecule has 0 spiro atoms. The van der Waals surface area contributed by atoms with Crippen molar-refractivity contribution in [1.82, 2.24) is 9.80 Å². The van der Waals surface area contributed by atoms with E-state index in [1.165, 1.54) is 24.9 Å². The van der Waals surface area contributed by atoms with Crippen LogP contribution in [0.4, 0.5) is 4.79 Å². The fourth-order valence-electron chi connectivity index (χ4n) is 5.42. The van der Waals surface area contributed by atoms with Crippen molar-refractivity contribution in [3.8, 4) is 0 Å². The van der Waals surface area contributed by atoms with Gasteiger partial charge in [-0.1, -0.05) is 78.1 Å². The van der Waals surface area contributed by atoms with E-state index in [1.807, 2.05) is 19.0 Å². The average Bonchev–Trinajstić information content (AvgIpc) is 3.15. The summed E-state index contributed by atoms with van der Waals surface area (Å²) in [6.45, 7) is 5.17. The fourth-order valence-corrected chi connectivity index (χ4v) is 5.42. The van der Waals surface area contributed by atoms with Crippen LogP contribution in [0, 0.1) is 0 Å². The van der Waals surface area contributed by atoms with Crippen LogP contribution in [0.25, 0.3) is 0 Å². The lowest BCUT2D eigenvalue weighted by Gasteiger charge is -2.23. The number of nitrogens with zero attached hydrogens (tertiary/aromatic N) is 2. The molecule has 0 radical (unpaired) electrons. The van der Waals surface area contributed by atoms with Crippen LogP contribution in [-0.4, -0.2) is 132 Å². The Kier molecular flexibility index (Phi) is 33.9. The van der Waals surface area contributed by atoms with E-state index in [1.54, 1.807) is 0 Å². The number of carbonyl (C=O) groups is 6. The summed E-state index contributed by atoms with van der Waals surface area (Å²) in [4.78, 5) is 76.9. The number of amides is 1. The van der Waals surface area contributed by atoms with Gasteiger partial charge in [-0.15, -0.1) is 0 Å². The molecule has 0 aromatic carbocycles.